The molecule has 0 aliphatic carbocycles. The molecule has 0 spiro atoms. The van der Waals surface area contributed by atoms with E-state index >= 15 is 4.39 Å². The highest BCUT2D eigenvalue weighted by molar-refractivity contribution is 14.1. The molecule has 1 fully saturated rings. The van der Waals surface area contributed by atoms with Gasteiger partial charge in [-0.15, -0.1) is 5.10 Å². The van der Waals surface area contributed by atoms with Crippen molar-refractivity contribution in [2.45, 2.75) is 17.9 Å². The topological polar surface area (TPSA) is 85.7 Å². The van der Waals surface area contributed by atoms with Crippen LogP contribution in [0, 0.1) is 6.08 Å². The number of halogens is 3. The summed E-state index contributed by atoms with van der Waals surface area (Å²) >= 11 is 2.00. The quantitative estimate of drug-likeness (QED) is 0.580. The van der Waals surface area contributed by atoms with Gasteiger partial charge in [-0.1, -0.05) is 22.6 Å². The zero-order valence-corrected chi connectivity index (χ0v) is 12.3. The molecule has 9 heteroatoms. The molecule has 0 saturated carbocycles. The lowest BCUT2D eigenvalue weighted by molar-refractivity contribution is 0.0102. The first-order valence-electron chi connectivity index (χ1n) is 5.83. The number of nitrogens with two attached hydrogens (primary N) is 1. The summed E-state index contributed by atoms with van der Waals surface area (Å²) in [7, 11) is 0. The van der Waals surface area contributed by atoms with Crippen LogP contribution in [-0.4, -0.2) is 42.9 Å². The molecule has 1 aliphatic rings. The van der Waals surface area contributed by atoms with Gasteiger partial charge in [-0.3, -0.25) is 0 Å². The Morgan fingerprint density at radius 2 is 2.35 bits per heavy atom. The average Bonchev–Trinajstić information content (AvgIpc) is 2.94. The van der Waals surface area contributed by atoms with E-state index in [0.717, 1.165) is 4.52 Å². The number of aliphatic hydroxyl groups excluding tert-OH is 1. The normalized spacial score (nSPS) is 30.2. The van der Waals surface area contributed by atoms with Gasteiger partial charge >= 0.3 is 6.08 Å². The first-order valence-corrected chi connectivity index (χ1v) is 7.35. The molecule has 2 aromatic heterocycles. The minimum absolute atomic E-state index is 0.000324. The van der Waals surface area contributed by atoms with E-state index in [1.807, 2.05) is 22.6 Å². The maximum absolute atomic E-state index is 15.1. The van der Waals surface area contributed by atoms with Crippen molar-refractivity contribution in [2.24, 2.45) is 0 Å². The summed E-state index contributed by atoms with van der Waals surface area (Å²) in [5, 5.41) is 13.6. The molecular formula is C11H11F2IN4O2. The van der Waals surface area contributed by atoms with Gasteiger partial charge in [-0.25, -0.2) is 8.91 Å². The lowest BCUT2D eigenvalue weighted by Crippen LogP contribution is -2.39. The number of anilines is 1. The van der Waals surface area contributed by atoms with E-state index in [1.54, 1.807) is 0 Å². The van der Waals surface area contributed by atoms with Gasteiger partial charge in [0.1, 0.15) is 11.6 Å². The van der Waals surface area contributed by atoms with Gasteiger partial charge in [0.2, 0.25) is 5.67 Å². The van der Waals surface area contributed by atoms with E-state index in [-0.39, 0.29) is 23.6 Å². The van der Waals surface area contributed by atoms with Crippen LogP contribution in [-0.2, 0) is 10.4 Å². The van der Waals surface area contributed by atoms with Crippen LogP contribution < -0.4 is 5.73 Å². The standard InChI is InChI=1S/C11H11F2IN4O2/c12-10-16-9(15)5-1-2-7(18(5)17-10)11(13)4-20-6(3-14)8(11)19/h1-2,6,8,19H,3-4H2,(H2,15,16,17)/t6-,8-,11+/m1/s1. The number of aromatic nitrogens is 3. The zero-order chi connectivity index (χ0) is 14.5. The molecule has 1 aliphatic heterocycles. The summed E-state index contributed by atoms with van der Waals surface area (Å²) in [6, 6.07) is 2.89. The lowest BCUT2D eigenvalue weighted by atomic mass is 9.95. The number of fused-ring (bicyclic) bond motifs is 1. The first kappa shape index (κ1) is 13.9. The summed E-state index contributed by atoms with van der Waals surface area (Å²) in [4.78, 5) is 3.38. The van der Waals surface area contributed by atoms with Crippen LogP contribution in [0.1, 0.15) is 5.69 Å². The molecule has 108 valence electrons. The molecule has 20 heavy (non-hydrogen) atoms. The van der Waals surface area contributed by atoms with Crippen LogP contribution in [0.25, 0.3) is 5.52 Å². The summed E-state index contributed by atoms with van der Waals surface area (Å²) in [5.41, 5.74) is 3.70. The third kappa shape index (κ3) is 1.87. The van der Waals surface area contributed by atoms with Crippen molar-refractivity contribution in [3.8, 4) is 0 Å². The van der Waals surface area contributed by atoms with Gasteiger partial charge in [0, 0.05) is 4.43 Å². The van der Waals surface area contributed by atoms with E-state index in [2.05, 4.69) is 10.1 Å². The second-order valence-corrected chi connectivity index (χ2v) is 5.47. The van der Waals surface area contributed by atoms with Crippen LogP contribution >= 0.6 is 22.6 Å². The summed E-state index contributed by atoms with van der Waals surface area (Å²) in [5.74, 6) is -0.0915. The number of hydrogen-bond donors (Lipinski definition) is 2. The van der Waals surface area contributed by atoms with Gasteiger partial charge in [0.25, 0.3) is 0 Å². The minimum Gasteiger partial charge on any atom is -0.386 e. The van der Waals surface area contributed by atoms with E-state index in [0.29, 0.717) is 4.43 Å². The van der Waals surface area contributed by atoms with Crippen LogP contribution in [0.3, 0.4) is 0 Å². The monoisotopic (exact) mass is 396 g/mol. The van der Waals surface area contributed by atoms with Crippen LogP contribution in [0.4, 0.5) is 14.6 Å². The third-order valence-electron chi connectivity index (χ3n) is 3.42. The first-order chi connectivity index (χ1) is 9.47. The molecule has 3 heterocycles. The predicted molar refractivity (Wildman–Crippen MR) is 74.8 cm³/mol. The fourth-order valence-electron chi connectivity index (χ4n) is 2.36. The highest BCUT2D eigenvalue weighted by atomic mass is 127. The maximum Gasteiger partial charge on any atom is 0.327 e. The number of ether oxygens (including phenoxy) is 1. The van der Waals surface area contributed by atoms with Crippen LogP contribution in [0.5, 0.6) is 0 Å². The van der Waals surface area contributed by atoms with Gasteiger partial charge < -0.3 is 15.6 Å². The molecule has 2 aromatic rings. The van der Waals surface area contributed by atoms with Crippen molar-refractivity contribution >= 4 is 33.9 Å². The lowest BCUT2D eigenvalue weighted by Gasteiger charge is -2.22. The number of rotatable bonds is 2. The van der Waals surface area contributed by atoms with Crippen molar-refractivity contribution in [2.75, 3.05) is 16.8 Å². The van der Waals surface area contributed by atoms with Crippen molar-refractivity contribution in [3.05, 3.63) is 23.9 Å². The summed E-state index contributed by atoms with van der Waals surface area (Å²) in [6.07, 6.45) is -3.03. The summed E-state index contributed by atoms with van der Waals surface area (Å²) < 4.78 is 35.1. The Hall–Kier alpha value is -1.07. The molecule has 6 nitrogen and oxygen atoms in total. The maximum atomic E-state index is 15.1. The number of nitrogens with zero attached hydrogens (tertiary/aromatic N) is 3. The molecule has 0 unspecified atom stereocenters. The minimum atomic E-state index is -2.16. The highest BCUT2D eigenvalue weighted by Crippen LogP contribution is 2.39. The van der Waals surface area contributed by atoms with Gasteiger partial charge in [0.15, 0.2) is 5.82 Å². The van der Waals surface area contributed by atoms with Crippen molar-refractivity contribution in [1.29, 1.82) is 0 Å². The Kier molecular flexibility index (Phi) is 3.29. The van der Waals surface area contributed by atoms with E-state index in [9.17, 15) is 9.50 Å². The molecule has 0 radical (unpaired) electrons. The number of nitrogen functional groups attached to an aromatic ring is 1. The fourth-order valence-corrected chi connectivity index (χ4v) is 3.10. The third-order valence-corrected chi connectivity index (χ3v) is 4.29. The summed E-state index contributed by atoms with van der Waals surface area (Å²) in [6.45, 7) is -0.320. The molecule has 3 rings (SSSR count). The Morgan fingerprint density at radius 1 is 1.60 bits per heavy atom. The Balaban J connectivity index is 2.15. The molecule has 3 atom stereocenters. The fraction of sp³-hybridized carbons (Fsp3) is 0.455. The van der Waals surface area contributed by atoms with E-state index in [1.165, 1.54) is 12.1 Å². The largest absolute Gasteiger partial charge is 0.386 e. The van der Waals surface area contributed by atoms with Crippen molar-refractivity contribution in [3.63, 3.8) is 0 Å². The van der Waals surface area contributed by atoms with Crippen molar-refractivity contribution < 1.29 is 18.6 Å². The Bertz CT molecular complexity index is 667. The average molecular weight is 396 g/mol. The van der Waals surface area contributed by atoms with Gasteiger partial charge in [-0.05, 0) is 12.1 Å². The van der Waals surface area contributed by atoms with Crippen LogP contribution in [0.2, 0.25) is 0 Å². The molecule has 0 aromatic carbocycles. The molecule has 1 saturated heterocycles. The smallest absolute Gasteiger partial charge is 0.327 e. The van der Waals surface area contributed by atoms with Gasteiger partial charge in [-0.2, -0.15) is 9.37 Å². The van der Waals surface area contributed by atoms with E-state index < -0.39 is 24.0 Å². The Morgan fingerprint density at radius 3 is 3.00 bits per heavy atom. The van der Waals surface area contributed by atoms with E-state index in [4.69, 9.17) is 10.5 Å². The Labute approximate surface area is 126 Å². The highest BCUT2D eigenvalue weighted by Gasteiger charge is 2.52. The second-order valence-electron chi connectivity index (χ2n) is 4.59. The predicted octanol–water partition coefficient (Wildman–Crippen LogP) is 0.810. The SMILES string of the molecule is Nc1nc(F)nn2c([C@@]3(F)CO[C@H](CI)[C@H]3O)ccc12. The molecule has 0 bridgehead atoms. The second kappa shape index (κ2) is 4.74. The van der Waals surface area contributed by atoms with Crippen molar-refractivity contribution in [1.82, 2.24) is 14.6 Å². The molecule has 3 N–H and O–H groups in total. The molecule has 0 amide bonds. The molecular weight excluding hydrogens is 385 g/mol. The number of alkyl halides is 2. The van der Waals surface area contributed by atoms with Gasteiger partial charge in [0.05, 0.1) is 18.4 Å². The number of aliphatic hydroxyl groups is 1. The zero-order valence-electron chi connectivity index (χ0n) is 10.1. The van der Waals surface area contributed by atoms with Crippen LogP contribution in [0.15, 0.2) is 12.1 Å². The number of hydrogen-bond acceptors (Lipinski definition) is 5.